The Kier molecular flexibility index (Phi) is 13.2. The molecule has 0 aliphatic heterocycles. The Bertz CT molecular complexity index is 4890. The van der Waals surface area contributed by atoms with E-state index in [0.717, 1.165) is 72.4 Å². The van der Waals surface area contributed by atoms with Crippen LogP contribution in [0.2, 0.25) is 0 Å². The Hall–Kier alpha value is -11.3. The highest BCUT2D eigenvalue weighted by atomic mass is 15.0. The summed E-state index contributed by atoms with van der Waals surface area (Å²) in [5.74, 6) is 1.79. The number of hydrogen-bond donors (Lipinski definition) is 0. The molecular formula is C81H54N4. The summed E-state index contributed by atoms with van der Waals surface area (Å²) >= 11 is 0. The van der Waals surface area contributed by atoms with E-state index in [0.29, 0.717) is 17.5 Å². The summed E-state index contributed by atoms with van der Waals surface area (Å²) in [6, 6.07) is 117. The molecule has 0 bridgehead atoms. The van der Waals surface area contributed by atoms with Gasteiger partial charge in [-0.3, -0.25) is 0 Å². The number of hydrogen-bond acceptors (Lipinski definition) is 3. The van der Waals surface area contributed by atoms with E-state index < -0.39 is 0 Å². The van der Waals surface area contributed by atoms with Crippen LogP contribution in [0.25, 0.3) is 151 Å². The summed E-state index contributed by atoms with van der Waals surface area (Å²) in [5.41, 5.74) is 24.5. The number of rotatable bonds is 12. The summed E-state index contributed by atoms with van der Waals surface area (Å²) < 4.78 is 2.37. The molecular weight excluding hydrogens is 1030 g/mol. The molecule has 398 valence electrons. The monoisotopic (exact) mass is 1080 g/mol. The van der Waals surface area contributed by atoms with E-state index in [1.807, 2.05) is 0 Å². The van der Waals surface area contributed by atoms with Gasteiger partial charge in [-0.2, -0.15) is 0 Å². The Morgan fingerprint density at radius 3 is 0.718 bits per heavy atom. The summed E-state index contributed by atoms with van der Waals surface area (Å²) in [4.78, 5) is 16.0. The van der Waals surface area contributed by atoms with Crippen LogP contribution in [0.3, 0.4) is 0 Å². The fourth-order valence-electron chi connectivity index (χ4n) is 11.9. The molecule has 15 rings (SSSR count). The zero-order valence-electron chi connectivity index (χ0n) is 46.5. The van der Waals surface area contributed by atoms with Gasteiger partial charge in [-0.15, -0.1) is 0 Å². The minimum Gasteiger partial charge on any atom is -0.309 e. The van der Waals surface area contributed by atoms with Crippen molar-refractivity contribution in [1.82, 2.24) is 19.5 Å². The molecule has 0 aliphatic rings. The van der Waals surface area contributed by atoms with E-state index in [4.69, 9.17) is 15.0 Å². The minimum atomic E-state index is 0.594. The topological polar surface area (TPSA) is 43.6 Å². The highest BCUT2D eigenvalue weighted by molar-refractivity contribution is 6.09. The van der Waals surface area contributed by atoms with Gasteiger partial charge < -0.3 is 4.57 Å². The van der Waals surface area contributed by atoms with Crippen LogP contribution >= 0.6 is 0 Å². The predicted octanol–water partition coefficient (Wildman–Crippen LogP) is 21.3. The molecule has 0 aliphatic carbocycles. The zero-order valence-corrected chi connectivity index (χ0v) is 46.5. The number of benzene rings is 13. The smallest absolute Gasteiger partial charge is 0.164 e. The van der Waals surface area contributed by atoms with Crippen molar-refractivity contribution in [3.8, 4) is 129 Å². The average molecular weight is 1080 g/mol. The Balaban J connectivity index is 0.770. The predicted molar refractivity (Wildman–Crippen MR) is 354 cm³/mol. The largest absolute Gasteiger partial charge is 0.309 e. The van der Waals surface area contributed by atoms with Gasteiger partial charge in [-0.1, -0.05) is 261 Å². The quantitative estimate of drug-likeness (QED) is 0.122. The van der Waals surface area contributed by atoms with Crippen LogP contribution < -0.4 is 0 Å². The third kappa shape index (κ3) is 10.2. The second-order valence-corrected chi connectivity index (χ2v) is 21.6. The normalized spacial score (nSPS) is 11.3. The average Bonchev–Trinajstić information content (AvgIpc) is 4.14. The Morgan fingerprint density at radius 1 is 0.165 bits per heavy atom. The van der Waals surface area contributed by atoms with Crippen molar-refractivity contribution < 1.29 is 0 Å². The minimum absolute atomic E-state index is 0.594. The third-order valence-corrected chi connectivity index (χ3v) is 16.2. The molecule has 0 saturated heterocycles. The first kappa shape index (κ1) is 50.6. The lowest BCUT2D eigenvalue weighted by Crippen LogP contribution is -2.00. The lowest BCUT2D eigenvalue weighted by atomic mass is 9.94. The third-order valence-electron chi connectivity index (χ3n) is 16.2. The Labute approximate surface area is 495 Å². The van der Waals surface area contributed by atoms with Crippen molar-refractivity contribution in [3.05, 3.63) is 328 Å². The first-order chi connectivity index (χ1) is 42.1. The van der Waals surface area contributed by atoms with Gasteiger partial charge in [-0.05, 0) is 156 Å². The van der Waals surface area contributed by atoms with E-state index >= 15 is 0 Å². The molecule has 0 saturated carbocycles. The number of fused-ring (bicyclic) bond motifs is 3. The second-order valence-electron chi connectivity index (χ2n) is 21.6. The molecule has 0 atom stereocenters. The van der Waals surface area contributed by atoms with Crippen LogP contribution in [0, 0.1) is 0 Å². The standard InChI is InChI=1S/C81H54N4/c1-3-19-55(20-4-1)59-23-11-27-63(47-59)64-28-13-25-61(49-64)57-43-45-58(46-44-57)62-26-14-30-66(50-62)68-32-16-36-72(52-68)80-82-79(71-35-15-31-67(51-71)65-29-12-24-60(48-65)56-21-5-2-6-22-56)83-81(84-80)73-37-17-33-69(53-73)70-34-18-38-74(54-70)85-77-41-9-7-39-75(77)76-40-8-10-42-78(76)85/h1-54H. The molecule has 13 aromatic carbocycles. The molecule has 2 heterocycles. The Morgan fingerprint density at radius 2 is 0.388 bits per heavy atom. The fourth-order valence-corrected chi connectivity index (χ4v) is 11.9. The molecule has 0 unspecified atom stereocenters. The van der Waals surface area contributed by atoms with Crippen molar-refractivity contribution in [2.75, 3.05) is 0 Å². The number of aromatic nitrogens is 4. The lowest BCUT2D eigenvalue weighted by Gasteiger charge is -2.13. The molecule has 0 amide bonds. The van der Waals surface area contributed by atoms with E-state index in [9.17, 15) is 0 Å². The molecule has 4 nitrogen and oxygen atoms in total. The van der Waals surface area contributed by atoms with Crippen molar-refractivity contribution in [2.24, 2.45) is 0 Å². The molecule has 85 heavy (non-hydrogen) atoms. The first-order valence-electron chi connectivity index (χ1n) is 28.9. The molecule has 0 spiro atoms. The maximum absolute atomic E-state index is 5.33. The van der Waals surface area contributed by atoms with E-state index in [1.165, 1.54) is 60.8 Å². The highest BCUT2D eigenvalue weighted by Crippen LogP contribution is 2.38. The van der Waals surface area contributed by atoms with Gasteiger partial charge in [0.1, 0.15) is 0 Å². The van der Waals surface area contributed by atoms with Gasteiger partial charge in [0.25, 0.3) is 0 Å². The summed E-state index contributed by atoms with van der Waals surface area (Å²) in [6.45, 7) is 0. The molecule has 0 radical (unpaired) electrons. The maximum Gasteiger partial charge on any atom is 0.164 e. The molecule has 15 aromatic rings. The van der Waals surface area contributed by atoms with Gasteiger partial charge in [-0.25, -0.2) is 15.0 Å². The molecule has 0 N–H and O–H groups in total. The van der Waals surface area contributed by atoms with Gasteiger partial charge in [0, 0.05) is 33.2 Å². The van der Waals surface area contributed by atoms with Crippen molar-refractivity contribution in [3.63, 3.8) is 0 Å². The summed E-state index contributed by atoms with van der Waals surface area (Å²) in [7, 11) is 0. The van der Waals surface area contributed by atoms with E-state index in [1.54, 1.807) is 0 Å². The highest BCUT2D eigenvalue weighted by Gasteiger charge is 2.17. The zero-order chi connectivity index (χ0) is 56.5. The van der Waals surface area contributed by atoms with Gasteiger partial charge in [0.2, 0.25) is 0 Å². The van der Waals surface area contributed by atoms with Crippen molar-refractivity contribution >= 4 is 21.8 Å². The van der Waals surface area contributed by atoms with Gasteiger partial charge in [0.05, 0.1) is 11.0 Å². The van der Waals surface area contributed by atoms with Crippen molar-refractivity contribution in [1.29, 1.82) is 0 Å². The van der Waals surface area contributed by atoms with Crippen LogP contribution in [0.4, 0.5) is 0 Å². The summed E-state index contributed by atoms with van der Waals surface area (Å²) in [5, 5.41) is 2.47. The first-order valence-corrected chi connectivity index (χ1v) is 28.9. The lowest BCUT2D eigenvalue weighted by molar-refractivity contribution is 1.07. The second kappa shape index (κ2) is 22.2. The molecule has 0 fully saturated rings. The van der Waals surface area contributed by atoms with Crippen LogP contribution in [0.5, 0.6) is 0 Å². The van der Waals surface area contributed by atoms with Crippen LogP contribution in [-0.4, -0.2) is 19.5 Å². The van der Waals surface area contributed by atoms with Crippen molar-refractivity contribution in [2.45, 2.75) is 0 Å². The van der Waals surface area contributed by atoms with Crippen LogP contribution in [0.1, 0.15) is 0 Å². The number of nitrogens with zero attached hydrogens (tertiary/aromatic N) is 4. The van der Waals surface area contributed by atoms with Gasteiger partial charge in [0.15, 0.2) is 17.5 Å². The maximum atomic E-state index is 5.33. The number of para-hydroxylation sites is 2. The SMILES string of the molecule is c1ccc(-c2cccc(-c3cccc(-c4ccc(-c5cccc(-c6cccc(-c7nc(-c8cccc(-c9cccc(-c%10ccccc%10)c9)c8)nc(-c8cccc(-c9cccc(-n%10c%11ccccc%11c%11ccccc%11%10)c9)c8)n7)c6)c5)cc4)c3)c2)cc1. The van der Waals surface area contributed by atoms with Crippen LogP contribution in [0.15, 0.2) is 328 Å². The van der Waals surface area contributed by atoms with Gasteiger partial charge >= 0.3 is 0 Å². The van der Waals surface area contributed by atoms with Crippen LogP contribution in [-0.2, 0) is 0 Å². The summed E-state index contributed by atoms with van der Waals surface area (Å²) in [6.07, 6.45) is 0. The van der Waals surface area contributed by atoms with E-state index in [2.05, 4.69) is 332 Å². The van der Waals surface area contributed by atoms with E-state index in [-0.39, 0.29) is 0 Å². The fraction of sp³-hybridized carbons (Fsp3) is 0. The molecule has 4 heteroatoms. The molecule has 2 aromatic heterocycles.